The summed E-state index contributed by atoms with van der Waals surface area (Å²) in [6.45, 7) is 5.04. The Morgan fingerprint density at radius 3 is 2.42 bits per heavy atom. The van der Waals surface area contributed by atoms with E-state index >= 15 is 0 Å². The number of carbonyl (C=O) groups is 1. The lowest BCUT2D eigenvalue weighted by Gasteiger charge is -2.27. The average Bonchev–Trinajstić information content (AvgIpc) is 2.71. The summed E-state index contributed by atoms with van der Waals surface area (Å²) in [5.41, 5.74) is -0.740. The number of rotatable bonds is 6. The number of aliphatic hydroxyl groups is 1. The van der Waals surface area contributed by atoms with E-state index in [1.54, 1.807) is 26.8 Å². The van der Waals surface area contributed by atoms with Crippen LogP contribution in [0.5, 0.6) is 0 Å². The van der Waals surface area contributed by atoms with Gasteiger partial charge in [-0.25, -0.2) is 23.5 Å². The molecule has 0 fully saturated rings. The molecule has 3 aromatic rings. The van der Waals surface area contributed by atoms with E-state index in [0.29, 0.717) is 5.69 Å². The van der Waals surface area contributed by atoms with Crippen LogP contribution in [0.15, 0.2) is 60.8 Å². The molecule has 162 valence electrons. The number of amides is 2. The first-order valence-electron chi connectivity index (χ1n) is 9.58. The molecule has 3 N–H and O–H groups in total. The van der Waals surface area contributed by atoms with Crippen molar-refractivity contribution < 1.29 is 18.7 Å². The topological polar surface area (TPSA) is 90.4 Å². The van der Waals surface area contributed by atoms with Gasteiger partial charge in [-0.15, -0.1) is 0 Å². The minimum absolute atomic E-state index is 0.0114. The van der Waals surface area contributed by atoms with Gasteiger partial charge in [-0.2, -0.15) is 4.98 Å². The van der Waals surface area contributed by atoms with Crippen LogP contribution in [0.4, 0.5) is 36.7 Å². The van der Waals surface area contributed by atoms with Crippen molar-refractivity contribution in [3.05, 3.63) is 72.4 Å². The monoisotopic (exact) mass is 427 g/mol. The number of para-hydroxylation sites is 1. The number of nitrogens with zero attached hydrogens (tertiary/aromatic N) is 3. The predicted molar refractivity (Wildman–Crippen MR) is 115 cm³/mol. The molecule has 1 atom stereocenters. The number of hydrogen-bond acceptors (Lipinski definition) is 5. The number of halogens is 2. The fraction of sp³-hybridized carbons (Fsp3) is 0.227. The van der Waals surface area contributed by atoms with Gasteiger partial charge in [-0.1, -0.05) is 12.1 Å². The number of hydrogen-bond donors (Lipinski definition) is 3. The maximum atomic E-state index is 14.0. The number of urea groups is 1. The van der Waals surface area contributed by atoms with Gasteiger partial charge in [0, 0.05) is 12.3 Å². The molecule has 1 aromatic heterocycles. The zero-order valence-electron chi connectivity index (χ0n) is 17.3. The van der Waals surface area contributed by atoms with Crippen LogP contribution in [0.3, 0.4) is 0 Å². The largest absolute Gasteiger partial charge is 0.388 e. The SMILES string of the molecule is C[C@H](Nc1nccc(N(C(=O)Nc2ccccc2F)c2ccc(F)cc2)n1)C(C)(C)O. The second-order valence-electron chi connectivity index (χ2n) is 7.48. The second kappa shape index (κ2) is 9.05. The van der Waals surface area contributed by atoms with Gasteiger partial charge in [0.1, 0.15) is 17.5 Å². The maximum Gasteiger partial charge on any atom is 0.332 e. The van der Waals surface area contributed by atoms with Crippen molar-refractivity contribution in [3.63, 3.8) is 0 Å². The minimum Gasteiger partial charge on any atom is -0.388 e. The highest BCUT2D eigenvalue weighted by atomic mass is 19.1. The molecule has 2 aromatic carbocycles. The predicted octanol–water partition coefficient (Wildman–Crippen LogP) is 4.70. The van der Waals surface area contributed by atoms with Crippen molar-refractivity contribution in [2.75, 3.05) is 15.5 Å². The maximum absolute atomic E-state index is 14.0. The fourth-order valence-corrected chi connectivity index (χ4v) is 2.59. The van der Waals surface area contributed by atoms with Crippen molar-refractivity contribution in [2.24, 2.45) is 0 Å². The van der Waals surface area contributed by atoms with Crippen molar-refractivity contribution in [1.82, 2.24) is 9.97 Å². The number of aromatic nitrogens is 2. The Bertz CT molecular complexity index is 1050. The molecular formula is C22H23F2N5O2. The molecule has 9 heteroatoms. The molecule has 0 unspecified atom stereocenters. The molecule has 0 spiro atoms. The number of carbonyl (C=O) groups excluding carboxylic acids is 1. The van der Waals surface area contributed by atoms with Crippen LogP contribution in [-0.2, 0) is 0 Å². The van der Waals surface area contributed by atoms with Gasteiger partial charge < -0.3 is 15.7 Å². The van der Waals surface area contributed by atoms with Gasteiger partial charge >= 0.3 is 6.03 Å². The molecule has 0 saturated heterocycles. The smallest absolute Gasteiger partial charge is 0.332 e. The van der Waals surface area contributed by atoms with Crippen molar-refractivity contribution in [1.29, 1.82) is 0 Å². The van der Waals surface area contributed by atoms with Gasteiger partial charge in [0.15, 0.2) is 0 Å². The van der Waals surface area contributed by atoms with E-state index in [1.165, 1.54) is 59.6 Å². The lowest BCUT2D eigenvalue weighted by molar-refractivity contribution is 0.0646. The van der Waals surface area contributed by atoms with E-state index in [1.807, 2.05) is 0 Å². The van der Waals surface area contributed by atoms with Gasteiger partial charge in [-0.05, 0) is 57.2 Å². The molecule has 0 saturated carbocycles. The summed E-state index contributed by atoms with van der Waals surface area (Å²) in [5.74, 6) is -0.722. The molecule has 3 rings (SSSR count). The highest BCUT2D eigenvalue weighted by Gasteiger charge is 2.25. The average molecular weight is 427 g/mol. The third-order valence-electron chi connectivity index (χ3n) is 4.68. The van der Waals surface area contributed by atoms with Crippen LogP contribution < -0.4 is 15.5 Å². The van der Waals surface area contributed by atoms with Crippen molar-refractivity contribution in [3.8, 4) is 0 Å². The molecular weight excluding hydrogens is 404 g/mol. The first-order chi connectivity index (χ1) is 14.6. The van der Waals surface area contributed by atoms with Crippen molar-refractivity contribution >= 4 is 29.2 Å². The zero-order valence-corrected chi connectivity index (χ0v) is 17.3. The molecule has 1 heterocycles. The normalized spacial score (nSPS) is 12.2. The highest BCUT2D eigenvalue weighted by Crippen LogP contribution is 2.26. The molecule has 0 aliphatic rings. The fourth-order valence-electron chi connectivity index (χ4n) is 2.59. The number of benzene rings is 2. The summed E-state index contributed by atoms with van der Waals surface area (Å²) in [6.07, 6.45) is 1.44. The summed E-state index contributed by atoms with van der Waals surface area (Å²) in [5, 5.41) is 15.6. The summed E-state index contributed by atoms with van der Waals surface area (Å²) in [6, 6.07) is 11.4. The van der Waals surface area contributed by atoms with E-state index in [-0.39, 0.29) is 17.5 Å². The standard InChI is InChI=1S/C22H23F2N5O2/c1-14(22(2,3)31)26-20-25-13-12-19(28-20)29(16-10-8-15(23)9-11-16)21(30)27-18-7-5-4-6-17(18)24/h4-14,31H,1-3H3,(H,27,30)(H,25,26,28)/t14-/m0/s1. The van der Waals surface area contributed by atoms with E-state index in [4.69, 9.17) is 0 Å². The number of nitrogens with one attached hydrogen (secondary N) is 2. The third-order valence-corrected chi connectivity index (χ3v) is 4.68. The molecule has 0 bridgehead atoms. The zero-order chi connectivity index (χ0) is 22.6. The Labute approximate surface area is 178 Å². The van der Waals surface area contributed by atoms with E-state index in [2.05, 4.69) is 20.6 Å². The quantitative estimate of drug-likeness (QED) is 0.531. The van der Waals surface area contributed by atoms with Crippen LogP contribution in [0.1, 0.15) is 20.8 Å². The highest BCUT2D eigenvalue weighted by molar-refractivity contribution is 6.06. The van der Waals surface area contributed by atoms with E-state index < -0.39 is 29.3 Å². The Balaban J connectivity index is 1.97. The Morgan fingerprint density at radius 2 is 1.77 bits per heavy atom. The first kappa shape index (κ1) is 22.1. The van der Waals surface area contributed by atoms with Crippen LogP contribution in [-0.4, -0.2) is 32.7 Å². The van der Waals surface area contributed by atoms with Gasteiger partial charge in [0.2, 0.25) is 5.95 Å². The first-order valence-corrected chi connectivity index (χ1v) is 9.58. The Kier molecular flexibility index (Phi) is 6.45. The molecule has 0 radical (unpaired) electrons. The molecule has 2 amide bonds. The summed E-state index contributed by atoms with van der Waals surface area (Å²) in [7, 11) is 0. The lowest BCUT2D eigenvalue weighted by atomic mass is 10.0. The van der Waals surface area contributed by atoms with Gasteiger partial charge in [-0.3, -0.25) is 0 Å². The van der Waals surface area contributed by atoms with Gasteiger partial charge in [0.05, 0.1) is 23.0 Å². The van der Waals surface area contributed by atoms with E-state index in [9.17, 15) is 18.7 Å². The van der Waals surface area contributed by atoms with Crippen LogP contribution in [0, 0.1) is 11.6 Å². The Hall–Kier alpha value is -3.59. The molecule has 0 aliphatic carbocycles. The molecule has 7 nitrogen and oxygen atoms in total. The third kappa shape index (κ3) is 5.52. The second-order valence-corrected chi connectivity index (χ2v) is 7.48. The lowest BCUT2D eigenvalue weighted by Crippen LogP contribution is -2.40. The molecule has 0 aliphatic heterocycles. The Morgan fingerprint density at radius 1 is 1.10 bits per heavy atom. The summed E-state index contributed by atoms with van der Waals surface area (Å²) < 4.78 is 27.5. The van der Waals surface area contributed by atoms with Crippen LogP contribution in [0.25, 0.3) is 0 Å². The summed E-state index contributed by atoms with van der Waals surface area (Å²) in [4.78, 5) is 22.7. The van der Waals surface area contributed by atoms with E-state index in [0.717, 1.165) is 0 Å². The summed E-state index contributed by atoms with van der Waals surface area (Å²) >= 11 is 0. The van der Waals surface area contributed by atoms with Crippen LogP contribution >= 0.6 is 0 Å². The van der Waals surface area contributed by atoms with Crippen molar-refractivity contribution in [2.45, 2.75) is 32.4 Å². The number of anilines is 4. The van der Waals surface area contributed by atoms with Crippen LogP contribution in [0.2, 0.25) is 0 Å². The van der Waals surface area contributed by atoms with Gasteiger partial charge in [0.25, 0.3) is 0 Å². The minimum atomic E-state index is -1.04. The molecule has 31 heavy (non-hydrogen) atoms.